The Kier molecular flexibility index (Phi) is 5.06. The second-order valence-corrected chi connectivity index (χ2v) is 5.83. The largest absolute Gasteiger partial charge is 0.349 e. The van der Waals surface area contributed by atoms with Crippen LogP contribution in [0.4, 0.5) is 0 Å². The van der Waals surface area contributed by atoms with Gasteiger partial charge in [0.2, 0.25) is 5.91 Å². The molecule has 1 unspecified atom stereocenters. The molecule has 2 aliphatic carbocycles. The first kappa shape index (κ1) is 15.3. The standard InChI is InChI=1S/C16H22N2O.ClH/c17-10-12-5-3-7-14(12)16(19)18-15-9-8-11-4-1-2-6-13(11)15;/h1-2,4,6,12,14-15H,3,5,7-10,17H2,(H,18,19);1H/t12-,14-,15?;/m1./s1. The molecular weight excluding hydrogens is 272 g/mol. The maximum atomic E-state index is 12.4. The molecule has 1 saturated carbocycles. The molecular formula is C16H23ClN2O. The zero-order valence-electron chi connectivity index (χ0n) is 11.7. The molecule has 110 valence electrons. The summed E-state index contributed by atoms with van der Waals surface area (Å²) in [5.74, 6) is 0.740. The van der Waals surface area contributed by atoms with Crippen LogP contribution in [0.15, 0.2) is 24.3 Å². The summed E-state index contributed by atoms with van der Waals surface area (Å²) >= 11 is 0. The summed E-state index contributed by atoms with van der Waals surface area (Å²) in [6.45, 7) is 0.638. The highest BCUT2D eigenvalue weighted by Crippen LogP contribution is 2.34. The molecule has 0 bridgehead atoms. The van der Waals surface area contributed by atoms with Crippen molar-refractivity contribution >= 4 is 18.3 Å². The number of carbonyl (C=O) groups excluding carboxylic acids is 1. The average molecular weight is 295 g/mol. The van der Waals surface area contributed by atoms with Gasteiger partial charge in [-0.05, 0) is 49.3 Å². The van der Waals surface area contributed by atoms with Gasteiger partial charge >= 0.3 is 0 Å². The van der Waals surface area contributed by atoms with Crippen LogP contribution >= 0.6 is 12.4 Å². The van der Waals surface area contributed by atoms with Crippen molar-refractivity contribution in [2.24, 2.45) is 17.6 Å². The minimum absolute atomic E-state index is 0. The summed E-state index contributed by atoms with van der Waals surface area (Å²) in [5.41, 5.74) is 8.45. The molecule has 1 aromatic carbocycles. The fraction of sp³-hybridized carbons (Fsp3) is 0.562. The van der Waals surface area contributed by atoms with Crippen molar-refractivity contribution in [1.29, 1.82) is 0 Å². The number of aryl methyl sites for hydroxylation is 1. The lowest BCUT2D eigenvalue weighted by Gasteiger charge is -2.21. The molecule has 1 fully saturated rings. The average Bonchev–Trinajstić information content (AvgIpc) is 3.05. The molecule has 0 radical (unpaired) electrons. The van der Waals surface area contributed by atoms with Gasteiger partial charge in [-0.3, -0.25) is 4.79 Å². The number of halogens is 1. The fourth-order valence-corrected chi connectivity index (χ4v) is 3.65. The van der Waals surface area contributed by atoms with Gasteiger partial charge in [-0.15, -0.1) is 12.4 Å². The topological polar surface area (TPSA) is 55.1 Å². The molecule has 3 rings (SSSR count). The van der Waals surface area contributed by atoms with Crippen molar-refractivity contribution in [3.05, 3.63) is 35.4 Å². The highest BCUT2D eigenvalue weighted by molar-refractivity contribution is 5.85. The van der Waals surface area contributed by atoms with Crippen LogP contribution in [0.5, 0.6) is 0 Å². The Morgan fingerprint density at radius 3 is 2.85 bits per heavy atom. The minimum Gasteiger partial charge on any atom is -0.349 e. The van der Waals surface area contributed by atoms with Gasteiger partial charge in [-0.2, -0.15) is 0 Å². The van der Waals surface area contributed by atoms with Crippen LogP contribution in [0.3, 0.4) is 0 Å². The Labute approximate surface area is 126 Å². The van der Waals surface area contributed by atoms with E-state index in [0.29, 0.717) is 12.5 Å². The van der Waals surface area contributed by atoms with E-state index in [4.69, 9.17) is 5.73 Å². The summed E-state index contributed by atoms with van der Waals surface area (Å²) in [5, 5.41) is 3.25. The van der Waals surface area contributed by atoms with Gasteiger partial charge in [0.15, 0.2) is 0 Å². The van der Waals surface area contributed by atoms with Crippen LogP contribution in [-0.4, -0.2) is 12.5 Å². The van der Waals surface area contributed by atoms with Crippen molar-refractivity contribution in [2.45, 2.75) is 38.1 Å². The fourth-order valence-electron chi connectivity index (χ4n) is 3.65. The van der Waals surface area contributed by atoms with Crippen LogP contribution in [0.25, 0.3) is 0 Å². The molecule has 0 aliphatic heterocycles. The van der Waals surface area contributed by atoms with Gasteiger partial charge in [0.1, 0.15) is 0 Å². The smallest absolute Gasteiger partial charge is 0.223 e. The number of rotatable bonds is 3. The first-order valence-corrected chi connectivity index (χ1v) is 7.38. The highest BCUT2D eigenvalue weighted by atomic mass is 35.5. The highest BCUT2D eigenvalue weighted by Gasteiger charge is 2.34. The summed E-state index contributed by atoms with van der Waals surface area (Å²) in [4.78, 5) is 12.4. The van der Waals surface area contributed by atoms with Gasteiger partial charge in [0, 0.05) is 5.92 Å². The monoisotopic (exact) mass is 294 g/mol. The van der Waals surface area contributed by atoms with Gasteiger partial charge < -0.3 is 11.1 Å². The molecule has 0 heterocycles. The molecule has 20 heavy (non-hydrogen) atoms. The van der Waals surface area contributed by atoms with E-state index in [1.165, 1.54) is 11.1 Å². The minimum atomic E-state index is 0. The zero-order valence-corrected chi connectivity index (χ0v) is 12.5. The van der Waals surface area contributed by atoms with Gasteiger partial charge in [-0.25, -0.2) is 0 Å². The second kappa shape index (κ2) is 6.59. The first-order valence-electron chi connectivity index (χ1n) is 7.38. The Balaban J connectivity index is 0.00000147. The molecule has 4 heteroatoms. The number of carbonyl (C=O) groups is 1. The molecule has 0 saturated heterocycles. The van der Waals surface area contributed by atoms with Crippen LogP contribution < -0.4 is 11.1 Å². The predicted molar refractivity (Wildman–Crippen MR) is 82.8 cm³/mol. The lowest BCUT2D eigenvalue weighted by atomic mass is 9.94. The molecule has 0 aromatic heterocycles. The van der Waals surface area contributed by atoms with Gasteiger partial charge in [0.25, 0.3) is 0 Å². The van der Waals surface area contributed by atoms with Crippen molar-refractivity contribution < 1.29 is 4.79 Å². The summed E-state index contributed by atoms with van der Waals surface area (Å²) in [7, 11) is 0. The second-order valence-electron chi connectivity index (χ2n) is 5.83. The van der Waals surface area contributed by atoms with Crippen LogP contribution in [0.1, 0.15) is 42.9 Å². The lowest BCUT2D eigenvalue weighted by molar-refractivity contribution is -0.126. The third-order valence-corrected chi connectivity index (χ3v) is 4.75. The van der Waals surface area contributed by atoms with E-state index in [9.17, 15) is 4.79 Å². The van der Waals surface area contributed by atoms with Crippen molar-refractivity contribution in [1.82, 2.24) is 5.32 Å². The summed E-state index contributed by atoms with van der Waals surface area (Å²) < 4.78 is 0. The number of amides is 1. The van der Waals surface area contributed by atoms with Crippen molar-refractivity contribution in [3.63, 3.8) is 0 Å². The number of hydrogen-bond acceptors (Lipinski definition) is 2. The van der Waals surface area contributed by atoms with E-state index in [1.54, 1.807) is 0 Å². The third kappa shape index (κ3) is 2.84. The van der Waals surface area contributed by atoms with Crippen molar-refractivity contribution in [2.75, 3.05) is 6.54 Å². The number of fused-ring (bicyclic) bond motifs is 1. The van der Waals surface area contributed by atoms with E-state index in [2.05, 4.69) is 29.6 Å². The Morgan fingerprint density at radius 2 is 2.05 bits per heavy atom. The van der Waals surface area contributed by atoms with Gasteiger partial charge in [0.05, 0.1) is 6.04 Å². The Bertz CT molecular complexity index is 477. The van der Waals surface area contributed by atoms with Crippen molar-refractivity contribution in [3.8, 4) is 0 Å². The normalized spacial score (nSPS) is 27.8. The van der Waals surface area contributed by atoms with Crippen LogP contribution in [0.2, 0.25) is 0 Å². The number of hydrogen-bond donors (Lipinski definition) is 2. The molecule has 3 nitrogen and oxygen atoms in total. The molecule has 2 aliphatic rings. The lowest BCUT2D eigenvalue weighted by Crippen LogP contribution is -2.36. The maximum absolute atomic E-state index is 12.4. The summed E-state index contributed by atoms with van der Waals surface area (Å²) in [6, 6.07) is 8.65. The van der Waals surface area contributed by atoms with E-state index < -0.39 is 0 Å². The van der Waals surface area contributed by atoms with Crippen LogP contribution in [-0.2, 0) is 11.2 Å². The number of nitrogens with one attached hydrogen (secondary N) is 1. The zero-order chi connectivity index (χ0) is 13.2. The maximum Gasteiger partial charge on any atom is 0.223 e. The molecule has 3 N–H and O–H groups in total. The summed E-state index contributed by atoms with van der Waals surface area (Å²) in [6.07, 6.45) is 5.36. The first-order chi connectivity index (χ1) is 9.29. The Hall–Kier alpha value is -1.06. The molecule has 1 amide bonds. The molecule has 0 spiro atoms. The number of benzene rings is 1. The number of nitrogens with two attached hydrogens (primary N) is 1. The molecule has 3 atom stereocenters. The Morgan fingerprint density at radius 1 is 1.25 bits per heavy atom. The van der Waals surface area contributed by atoms with E-state index in [1.807, 2.05) is 0 Å². The molecule has 1 aromatic rings. The predicted octanol–water partition coefficient (Wildman–Crippen LogP) is 2.59. The third-order valence-electron chi connectivity index (χ3n) is 4.75. The van der Waals surface area contributed by atoms with E-state index >= 15 is 0 Å². The van der Waals surface area contributed by atoms with E-state index in [0.717, 1.165) is 32.1 Å². The van der Waals surface area contributed by atoms with Crippen LogP contribution in [0, 0.1) is 11.8 Å². The van der Waals surface area contributed by atoms with Gasteiger partial charge in [-0.1, -0.05) is 30.7 Å². The quantitative estimate of drug-likeness (QED) is 0.900. The van der Waals surface area contributed by atoms with E-state index in [-0.39, 0.29) is 30.3 Å². The SMILES string of the molecule is Cl.NC[C@H]1CCC[C@H]1C(=O)NC1CCc2ccccc21.